The highest BCUT2D eigenvalue weighted by atomic mass is 16.3. The van der Waals surface area contributed by atoms with Crippen molar-refractivity contribution in [2.75, 3.05) is 6.61 Å². The van der Waals surface area contributed by atoms with Crippen molar-refractivity contribution >= 4 is 0 Å². The van der Waals surface area contributed by atoms with Crippen molar-refractivity contribution in [1.82, 2.24) is 5.32 Å². The van der Waals surface area contributed by atoms with E-state index in [1.807, 2.05) is 12.1 Å². The maximum atomic E-state index is 9.44. The van der Waals surface area contributed by atoms with Gasteiger partial charge in [-0.1, -0.05) is 67.6 Å². The molecule has 0 amide bonds. The minimum absolute atomic E-state index is 0.169. The molecule has 0 spiro atoms. The van der Waals surface area contributed by atoms with Crippen LogP contribution < -0.4 is 5.32 Å². The van der Waals surface area contributed by atoms with Gasteiger partial charge in [0.25, 0.3) is 0 Å². The maximum absolute atomic E-state index is 9.44. The van der Waals surface area contributed by atoms with Gasteiger partial charge in [0, 0.05) is 12.1 Å². The molecule has 0 aliphatic rings. The fraction of sp³-hybridized carbons (Fsp3) is 0.368. The average Bonchev–Trinajstić information content (AvgIpc) is 2.54. The molecule has 0 heterocycles. The van der Waals surface area contributed by atoms with Crippen molar-refractivity contribution in [3.8, 4) is 0 Å². The molecule has 2 aromatic carbocycles. The van der Waals surface area contributed by atoms with Gasteiger partial charge in [0.2, 0.25) is 0 Å². The molecule has 0 aromatic heterocycles. The minimum Gasteiger partial charge on any atom is -0.395 e. The Morgan fingerprint density at radius 2 is 1.29 bits per heavy atom. The lowest BCUT2D eigenvalue weighted by Gasteiger charge is -2.24. The van der Waals surface area contributed by atoms with Crippen LogP contribution >= 0.6 is 0 Å². The van der Waals surface area contributed by atoms with Crippen molar-refractivity contribution < 1.29 is 5.11 Å². The Hall–Kier alpha value is -1.64. The van der Waals surface area contributed by atoms with Gasteiger partial charge in [0.15, 0.2) is 0 Å². The predicted molar refractivity (Wildman–Crippen MR) is 88.4 cm³/mol. The van der Waals surface area contributed by atoms with E-state index in [-0.39, 0.29) is 12.6 Å². The van der Waals surface area contributed by atoms with Crippen LogP contribution in [0.4, 0.5) is 0 Å². The molecule has 2 rings (SSSR count). The molecule has 21 heavy (non-hydrogen) atoms. The van der Waals surface area contributed by atoms with Gasteiger partial charge < -0.3 is 10.4 Å². The normalized spacial score (nSPS) is 12.5. The molecule has 0 fully saturated rings. The zero-order valence-corrected chi connectivity index (χ0v) is 12.7. The summed E-state index contributed by atoms with van der Waals surface area (Å²) in [6.45, 7) is 2.30. The molecule has 0 saturated heterocycles. The van der Waals surface area contributed by atoms with Gasteiger partial charge >= 0.3 is 0 Å². The molecule has 0 saturated carbocycles. The summed E-state index contributed by atoms with van der Waals surface area (Å²) in [5.41, 5.74) is 2.66. The van der Waals surface area contributed by atoms with E-state index in [9.17, 15) is 5.11 Å². The molecule has 2 N–H and O–H groups in total. The molecular weight excluding hydrogens is 258 g/mol. The lowest BCUT2D eigenvalue weighted by atomic mass is 9.98. The molecule has 0 unspecified atom stereocenters. The first-order valence-electron chi connectivity index (χ1n) is 7.76. The zero-order valence-electron chi connectivity index (χ0n) is 12.7. The van der Waals surface area contributed by atoms with Crippen LogP contribution in [-0.2, 0) is 12.8 Å². The molecule has 0 aliphatic heterocycles. The van der Waals surface area contributed by atoms with E-state index in [0.29, 0.717) is 6.04 Å². The van der Waals surface area contributed by atoms with Gasteiger partial charge in [0.05, 0.1) is 6.61 Å². The molecule has 2 heteroatoms. The van der Waals surface area contributed by atoms with E-state index in [1.165, 1.54) is 11.1 Å². The third-order valence-electron chi connectivity index (χ3n) is 3.83. The Morgan fingerprint density at radius 1 is 0.810 bits per heavy atom. The first kappa shape index (κ1) is 15.7. The van der Waals surface area contributed by atoms with Gasteiger partial charge in [-0.25, -0.2) is 0 Å². The Bertz CT molecular complexity index is 452. The second-order valence-electron chi connectivity index (χ2n) is 5.53. The quantitative estimate of drug-likeness (QED) is 0.780. The number of benzene rings is 2. The number of aliphatic hydroxyl groups is 1. The van der Waals surface area contributed by atoms with Crippen LogP contribution in [-0.4, -0.2) is 23.8 Å². The Balaban J connectivity index is 2.06. The van der Waals surface area contributed by atoms with Crippen molar-refractivity contribution in [3.05, 3.63) is 71.8 Å². The van der Waals surface area contributed by atoms with Crippen LogP contribution in [0.2, 0.25) is 0 Å². The van der Waals surface area contributed by atoms with Gasteiger partial charge in [0.1, 0.15) is 0 Å². The maximum Gasteiger partial charge on any atom is 0.0584 e. The third-order valence-corrected chi connectivity index (χ3v) is 3.83. The SMILES string of the molecule is CC[C@@H](CO)NC(Cc1ccccc1)Cc1ccccc1. The summed E-state index contributed by atoms with van der Waals surface area (Å²) in [4.78, 5) is 0. The average molecular weight is 283 g/mol. The van der Waals surface area contributed by atoms with Crippen LogP contribution in [0.5, 0.6) is 0 Å². The van der Waals surface area contributed by atoms with Gasteiger partial charge in [-0.2, -0.15) is 0 Å². The van der Waals surface area contributed by atoms with Crippen molar-refractivity contribution in [2.45, 2.75) is 38.3 Å². The second-order valence-corrected chi connectivity index (χ2v) is 5.53. The highest BCUT2D eigenvalue weighted by Gasteiger charge is 2.14. The number of nitrogens with one attached hydrogen (secondary N) is 1. The van der Waals surface area contributed by atoms with E-state index < -0.39 is 0 Å². The summed E-state index contributed by atoms with van der Waals surface area (Å²) < 4.78 is 0. The highest BCUT2D eigenvalue weighted by molar-refractivity contribution is 5.19. The zero-order chi connectivity index (χ0) is 14.9. The van der Waals surface area contributed by atoms with Crippen LogP contribution in [0.25, 0.3) is 0 Å². The molecule has 112 valence electrons. The smallest absolute Gasteiger partial charge is 0.0584 e. The van der Waals surface area contributed by atoms with E-state index in [4.69, 9.17) is 0 Å². The topological polar surface area (TPSA) is 32.3 Å². The summed E-state index contributed by atoms with van der Waals surface area (Å²) >= 11 is 0. The standard InChI is InChI=1S/C19H25NO/c1-2-18(15-21)20-19(13-16-9-5-3-6-10-16)14-17-11-7-4-8-12-17/h3-12,18-21H,2,13-15H2,1H3/t18-/m0/s1. The first-order valence-corrected chi connectivity index (χ1v) is 7.76. The molecule has 2 nitrogen and oxygen atoms in total. The van der Waals surface area contributed by atoms with Crippen LogP contribution in [0, 0.1) is 0 Å². The van der Waals surface area contributed by atoms with E-state index in [1.54, 1.807) is 0 Å². The lowest BCUT2D eigenvalue weighted by Crippen LogP contribution is -2.42. The second kappa shape index (κ2) is 8.60. The van der Waals surface area contributed by atoms with Crippen LogP contribution in [0.3, 0.4) is 0 Å². The molecule has 0 bridgehead atoms. The van der Waals surface area contributed by atoms with Gasteiger partial charge in [-0.3, -0.25) is 0 Å². The highest BCUT2D eigenvalue weighted by Crippen LogP contribution is 2.10. The van der Waals surface area contributed by atoms with Crippen molar-refractivity contribution in [3.63, 3.8) is 0 Å². The fourth-order valence-corrected chi connectivity index (χ4v) is 2.62. The summed E-state index contributed by atoms with van der Waals surface area (Å²) in [6.07, 6.45) is 2.90. The Morgan fingerprint density at radius 3 is 1.67 bits per heavy atom. The number of hydrogen-bond acceptors (Lipinski definition) is 2. The summed E-state index contributed by atoms with van der Waals surface area (Å²) in [5.74, 6) is 0. The van der Waals surface area contributed by atoms with Gasteiger partial charge in [-0.15, -0.1) is 0 Å². The largest absolute Gasteiger partial charge is 0.395 e. The molecule has 1 atom stereocenters. The first-order chi connectivity index (χ1) is 10.3. The van der Waals surface area contributed by atoms with Crippen LogP contribution in [0.15, 0.2) is 60.7 Å². The van der Waals surface area contributed by atoms with E-state index in [0.717, 1.165) is 19.3 Å². The van der Waals surface area contributed by atoms with E-state index >= 15 is 0 Å². The third kappa shape index (κ3) is 5.33. The Kier molecular flexibility index (Phi) is 6.45. The molecule has 0 radical (unpaired) electrons. The van der Waals surface area contributed by atoms with Gasteiger partial charge in [-0.05, 0) is 30.4 Å². The number of hydrogen-bond donors (Lipinski definition) is 2. The number of aliphatic hydroxyl groups excluding tert-OH is 1. The number of rotatable bonds is 8. The summed E-state index contributed by atoms with van der Waals surface area (Å²) in [6, 6.07) is 21.6. The Labute approximate surface area is 127 Å². The summed E-state index contributed by atoms with van der Waals surface area (Å²) in [5, 5.41) is 13.0. The van der Waals surface area contributed by atoms with Crippen molar-refractivity contribution in [2.24, 2.45) is 0 Å². The molecule has 0 aliphatic carbocycles. The monoisotopic (exact) mass is 283 g/mol. The van der Waals surface area contributed by atoms with E-state index in [2.05, 4.69) is 60.8 Å². The summed E-state index contributed by atoms with van der Waals surface area (Å²) in [7, 11) is 0. The molecular formula is C19H25NO. The lowest BCUT2D eigenvalue weighted by molar-refractivity contribution is 0.226. The van der Waals surface area contributed by atoms with Crippen LogP contribution in [0.1, 0.15) is 24.5 Å². The molecule has 2 aromatic rings. The minimum atomic E-state index is 0.169. The fourth-order valence-electron chi connectivity index (χ4n) is 2.62. The predicted octanol–water partition coefficient (Wildman–Crippen LogP) is 3.20. The van der Waals surface area contributed by atoms with Crippen molar-refractivity contribution in [1.29, 1.82) is 0 Å².